The van der Waals surface area contributed by atoms with Crippen LogP contribution in [-0.4, -0.2) is 24.2 Å². The van der Waals surface area contributed by atoms with Gasteiger partial charge in [-0.05, 0) is 12.8 Å². The topological polar surface area (TPSA) is 47.9 Å². The van der Waals surface area contributed by atoms with Gasteiger partial charge in [0, 0.05) is 7.11 Å². The van der Waals surface area contributed by atoms with Crippen LogP contribution in [0.4, 0.5) is 0 Å². The zero-order chi connectivity index (χ0) is 9.52. The zero-order valence-electron chi connectivity index (χ0n) is 7.66. The molecule has 6 heteroatoms. The molecule has 13 heavy (non-hydrogen) atoms. The first-order valence-corrected chi connectivity index (χ1v) is 6.04. The Morgan fingerprint density at radius 1 is 1.23 bits per heavy atom. The molecule has 1 rings (SSSR count). The number of methoxy groups -OCH3 is 1. The van der Waals surface area contributed by atoms with Crippen molar-refractivity contribution in [2.24, 2.45) is 0 Å². The third-order valence-electron chi connectivity index (χ3n) is 2.23. The largest absolute Gasteiger partial charge is 0.379 e. The van der Waals surface area contributed by atoms with Gasteiger partial charge in [0.25, 0.3) is 0 Å². The van der Waals surface area contributed by atoms with Gasteiger partial charge in [0.1, 0.15) is 0 Å². The van der Waals surface area contributed by atoms with E-state index in [2.05, 4.69) is 0 Å². The fraction of sp³-hybridized carbons (Fsp3) is 1.00. The molecule has 0 aromatic heterocycles. The Labute approximate surface area is 82.2 Å². The summed E-state index contributed by atoms with van der Waals surface area (Å²) < 4.78 is 15.5. The minimum absolute atomic E-state index is 0.0656. The van der Waals surface area contributed by atoms with Crippen molar-refractivity contribution >= 4 is 18.1 Å². The average Bonchev–Trinajstić information content (AvgIpc) is 2.19. The minimum atomic E-state index is -0.482. The first-order valence-electron chi connectivity index (χ1n) is 4.37. The van der Waals surface area contributed by atoms with Crippen LogP contribution in [0.15, 0.2) is 0 Å². The van der Waals surface area contributed by atoms with E-state index in [-0.39, 0.29) is 21.2 Å². The Bertz CT molecular complexity index is 136. The van der Waals surface area contributed by atoms with E-state index in [0.717, 1.165) is 12.8 Å². The van der Waals surface area contributed by atoms with Gasteiger partial charge in [-0.3, -0.25) is 4.31 Å². The van der Waals surface area contributed by atoms with E-state index in [1.54, 1.807) is 7.11 Å². The smallest absolute Gasteiger partial charge is 0.161 e. The van der Waals surface area contributed by atoms with Crippen LogP contribution in [-0.2, 0) is 13.6 Å². The van der Waals surface area contributed by atoms with E-state index < -0.39 is 9.03 Å². The van der Waals surface area contributed by atoms with Crippen molar-refractivity contribution in [2.45, 2.75) is 37.9 Å². The molecule has 0 radical (unpaired) electrons. The van der Waals surface area contributed by atoms with E-state index in [9.17, 15) is 0 Å². The molecule has 0 spiro atoms. The molecule has 1 aliphatic carbocycles. The van der Waals surface area contributed by atoms with Gasteiger partial charge in [0.15, 0.2) is 18.1 Å². The van der Waals surface area contributed by atoms with Gasteiger partial charge in [-0.2, -0.15) is 0 Å². The van der Waals surface area contributed by atoms with E-state index in [1.165, 1.54) is 12.8 Å². The van der Waals surface area contributed by atoms with Crippen molar-refractivity contribution in [2.75, 3.05) is 7.11 Å². The maximum absolute atomic E-state index is 8.42. The van der Waals surface area contributed by atoms with Gasteiger partial charge < -0.3 is 14.2 Å². The Morgan fingerprint density at radius 3 is 2.54 bits per heavy atom. The SMILES string of the molecule is COC1CCCCC1OPOPO. The summed E-state index contributed by atoms with van der Waals surface area (Å²) >= 11 is 0. The summed E-state index contributed by atoms with van der Waals surface area (Å²) in [5, 5.41) is 0. The highest BCUT2D eigenvalue weighted by atomic mass is 31.2. The van der Waals surface area contributed by atoms with Gasteiger partial charge in [-0.25, -0.2) is 0 Å². The molecular formula is C7H16O4P2. The predicted octanol–water partition coefficient (Wildman–Crippen LogP) is 1.99. The lowest BCUT2D eigenvalue weighted by Gasteiger charge is -2.29. The van der Waals surface area contributed by atoms with Gasteiger partial charge >= 0.3 is 0 Å². The van der Waals surface area contributed by atoms with Crippen molar-refractivity contribution < 1.29 is 18.5 Å². The van der Waals surface area contributed by atoms with E-state index in [1.807, 2.05) is 0 Å². The fourth-order valence-corrected chi connectivity index (χ4v) is 2.31. The predicted molar refractivity (Wildman–Crippen MR) is 54.1 cm³/mol. The standard InChI is InChI=1S/C7H16O4P2/c1-9-6-4-2-3-5-7(6)10-13-11-12-8/h6-8,12-13H,2-5H2,1H3. The fourth-order valence-electron chi connectivity index (χ4n) is 1.57. The molecule has 4 atom stereocenters. The maximum Gasteiger partial charge on any atom is 0.161 e. The molecule has 0 amide bonds. The van der Waals surface area contributed by atoms with Gasteiger partial charge in [-0.1, -0.05) is 12.8 Å². The molecule has 4 unspecified atom stereocenters. The molecule has 1 saturated carbocycles. The van der Waals surface area contributed by atoms with Crippen LogP contribution >= 0.6 is 18.1 Å². The molecule has 0 bridgehead atoms. The molecule has 78 valence electrons. The lowest BCUT2D eigenvalue weighted by molar-refractivity contribution is -0.0192. The molecule has 4 nitrogen and oxygen atoms in total. The van der Waals surface area contributed by atoms with Crippen molar-refractivity contribution in [1.82, 2.24) is 0 Å². The Morgan fingerprint density at radius 2 is 1.92 bits per heavy atom. The van der Waals surface area contributed by atoms with Crippen LogP contribution in [0.25, 0.3) is 0 Å². The van der Waals surface area contributed by atoms with Crippen molar-refractivity contribution in [3.05, 3.63) is 0 Å². The Kier molecular flexibility index (Phi) is 6.39. The van der Waals surface area contributed by atoms with Crippen LogP contribution in [0, 0.1) is 0 Å². The van der Waals surface area contributed by atoms with Crippen LogP contribution < -0.4 is 0 Å². The molecule has 0 saturated heterocycles. The lowest BCUT2D eigenvalue weighted by Crippen LogP contribution is -2.32. The van der Waals surface area contributed by atoms with Crippen molar-refractivity contribution in [3.63, 3.8) is 0 Å². The van der Waals surface area contributed by atoms with Gasteiger partial charge in [0.05, 0.1) is 12.2 Å². The highest BCUT2D eigenvalue weighted by molar-refractivity contribution is 7.40. The van der Waals surface area contributed by atoms with Crippen LogP contribution in [0.5, 0.6) is 0 Å². The Balaban J connectivity index is 2.19. The number of ether oxygens (including phenoxy) is 1. The summed E-state index contributed by atoms with van der Waals surface area (Å²) in [4.78, 5) is 8.42. The molecule has 1 fully saturated rings. The molecule has 0 aromatic carbocycles. The quantitative estimate of drug-likeness (QED) is 0.575. The molecule has 1 N–H and O–H groups in total. The average molecular weight is 226 g/mol. The van der Waals surface area contributed by atoms with Crippen LogP contribution in [0.3, 0.4) is 0 Å². The van der Waals surface area contributed by atoms with Gasteiger partial charge in [0.2, 0.25) is 0 Å². The summed E-state index contributed by atoms with van der Waals surface area (Å²) in [5.74, 6) is 0. The summed E-state index contributed by atoms with van der Waals surface area (Å²) in [5.41, 5.74) is 0. The molecule has 0 aliphatic heterocycles. The van der Waals surface area contributed by atoms with E-state index >= 15 is 0 Å². The van der Waals surface area contributed by atoms with E-state index in [4.69, 9.17) is 18.5 Å². The highest BCUT2D eigenvalue weighted by Gasteiger charge is 2.25. The highest BCUT2D eigenvalue weighted by Crippen LogP contribution is 2.32. The first-order chi connectivity index (χ1) is 6.38. The summed E-state index contributed by atoms with van der Waals surface area (Å²) in [6, 6.07) is 0. The molecule has 0 heterocycles. The summed E-state index contributed by atoms with van der Waals surface area (Å²) in [6.45, 7) is 0. The monoisotopic (exact) mass is 226 g/mol. The Hall–Kier alpha value is 0.700. The third-order valence-corrected chi connectivity index (χ3v) is 3.33. The normalized spacial score (nSPS) is 30.9. The van der Waals surface area contributed by atoms with Crippen molar-refractivity contribution in [1.29, 1.82) is 0 Å². The second-order valence-electron chi connectivity index (χ2n) is 2.99. The molecule has 0 aromatic rings. The van der Waals surface area contributed by atoms with Crippen molar-refractivity contribution in [3.8, 4) is 0 Å². The number of rotatable bonds is 5. The van der Waals surface area contributed by atoms with Crippen LogP contribution in [0.1, 0.15) is 25.7 Å². The molecule has 1 aliphatic rings. The van der Waals surface area contributed by atoms with Crippen LogP contribution in [0.2, 0.25) is 0 Å². The maximum atomic E-state index is 8.42. The molecular weight excluding hydrogens is 210 g/mol. The minimum Gasteiger partial charge on any atom is -0.379 e. The second kappa shape index (κ2) is 7.05. The second-order valence-corrected chi connectivity index (χ2v) is 4.39. The zero-order valence-corrected chi connectivity index (χ0v) is 9.66. The van der Waals surface area contributed by atoms with E-state index in [0.29, 0.717) is 0 Å². The first kappa shape index (κ1) is 11.8. The number of hydrogen-bond donors (Lipinski definition) is 1. The lowest BCUT2D eigenvalue weighted by atomic mass is 9.95. The number of hydrogen-bond acceptors (Lipinski definition) is 4. The summed E-state index contributed by atoms with van der Waals surface area (Å²) in [6.07, 6.45) is 4.84. The van der Waals surface area contributed by atoms with Gasteiger partial charge in [-0.15, -0.1) is 0 Å². The third kappa shape index (κ3) is 4.16. The summed E-state index contributed by atoms with van der Waals surface area (Å²) in [7, 11) is 1.17.